The van der Waals surface area contributed by atoms with Crippen LogP contribution >= 0.6 is 0 Å². The summed E-state index contributed by atoms with van der Waals surface area (Å²) in [6.07, 6.45) is 6.31. The topological polar surface area (TPSA) is 34.1 Å². The van der Waals surface area contributed by atoms with E-state index < -0.39 is 0 Å². The average Bonchev–Trinajstić information content (AvgIpc) is 2.70. The zero-order chi connectivity index (χ0) is 18.0. The lowest BCUT2D eigenvalue weighted by Gasteiger charge is -2.32. The van der Waals surface area contributed by atoms with Crippen molar-refractivity contribution in [2.45, 2.75) is 32.1 Å². The summed E-state index contributed by atoms with van der Waals surface area (Å²) >= 11 is 0. The van der Waals surface area contributed by atoms with E-state index in [-0.39, 0.29) is 0 Å². The molecule has 0 bridgehead atoms. The van der Waals surface area contributed by atoms with Crippen LogP contribution in [0, 0.1) is 0 Å². The summed E-state index contributed by atoms with van der Waals surface area (Å²) in [6, 6.07) is 10.4. The van der Waals surface area contributed by atoms with Gasteiger partial charge in [0.15, 0.2) is 5.96 Å². The van der Waals surface area contributed by atoms with E-state index in [9.17, 15) is 0 Å². The fourth-order valence-corrected chi connectivity index (χ4v) is 3.68. The number of nitrogens with one attached hydrogen (secondary N) is 1. The molecular weight excluding hydrogens is 322 g/mol. The molecule has 5 heteroatoms. The highest BCUT2D eigenvalue weighted by Crippen LogP contribution is 2.13. The molecule has 0 amide bonds. The molecule has 144 valence electrons. The lowest BCUT2D eigenvalue weighted by Crippen LogP contribution is -2.44. The minimum absolute atomic E-state index is 0.916. The number of likely N-dealkylation sites (N-methyl/N-ethyl adjacent to an activating group) is 1. The molecule has 2 aliphatic rings. The molecule has 0 radical (unpaired) electrons. The first kappa shape index (κ1) is 19.2. The van der Waals surface area contributed by atoms with E-state index in [1.807, 2.05) is 0 Å². The highest BCUT2D eigenvalue weighted by Gasteiger charge is 2.15. The normalized spacial score (nSPS) is 20.3. The lowest BCUT2D eigenvalue weighted by atomic mass is 10.1. The molecule has 1 aromatic carbocycles. The number of para-hydroxylation sites is 1. The van der Waals surface area contributed by atoms with Crippen LogP contribution in [0.25, 0.3) is 0 Å². The molecule has 3 rings (SSSR count). The fraction of sp³-hybridized carbons (Fsp3) is 0.667. The summed E-state index contributed by atoms with van der Waals surface area (Å²) in [7, 11) is 2.22. The second-order valence-corrected chi connectivity index (χ2v) is 7.60. The van der Waals surface area contributed by atoms with Crippen molar-refractivity contribution in [3.05, 3.63) is 30.3 Å². The van der Waals surface area contributed by atoms with Gasteiger partial charge in [-0.3, -0.25) is 4.99 Å². The third kappa shape index (κ3) is 6.29. The van der Waals surface area contributed by atoms with Crippen LogP contribution in [-0.2, 0) is 0 Å². The second-order valence-electron chi connectivity index (χ2n) is 7.60. The maximum atomic E-state index is 4.94. The van der Waals surface area contributed by atoms with Gasteiger partial charge in [-0.25, -0.2) is 0 Å². The summed E-state index contributed by atoms with van der Waals surface area (Å²) in [5.41, 5.74) is 1.13. The first-order valence-corrected chi connectivity index (χ1v) is 10.3. The predicted molar refractivity (Wildman–Crippen MR) is 111 cm³/mol. The van der Waals surface area contributed by atoms with E-state index in [0.717, 1.165) is 31.3 Å². The number of hydrogen-bond acceptors (Lipinski definition) is 3. The highest BCUT2D eigenvalue weighted by atomic mass is 15.3. The third-order valence-electron chi connectivity index (χ3n) is 5.43. The molecular formula is C21H35N5. The minimum atomic E-state index is 0.916. The van der Waals surface area contributed by atoms with Gasteiger partial charge in [-0.1, -0.05) is 18.2 Å². The Balaban J connectivity index is 1.46. The van der Waals surface area contributed by atoms with E-state index in [1.54, 1.807) is 0 Å². The van der Waals surface area contributed by atoms with Crippen LogP contribution in [0.2, 0.25) is 0 Å². The smallest absolute Gasteiger partial charge is 0.198 e. The molecule has 1 N–H and O–H groups in total. The Kier molecular flexibility index (Phi) is 7.77. The number of piperidine rings is 1. The van der Waals surface area contributed by atoms with Crippen molar-refractivity contribution in [1.29, 1.82) is 0 Å². The van der Waals surface area contributed by atoms with Gasteiger partial charge >= 0.3 is 0 Å². The van der Waals surface area contributed by atoms with E-state index in [0.29, 0.717) is 0 Å². The van der Waals surface area contributed by atoms with Crippen molar-refractivity contribution in [2.75, 3.05) is 64.7 Å². The van der Waals surface area contributed by atoms with Crippen molar-refractivity contribution in [3.63, 3.8) is 0 Å². The van der Waals surface area contributed by atoms with Gasteiger partial charge in [0.25, 0.3) is 0 Å². The van der Waals surface area contributed by atoms with Crippen LogP contribution in [0.1, 0.15) is 32.1 Å². The predicted octanol–water partition coefficient (Wildman–Crippen LogP) is 2.97. The molecule has 2 saturated heterocycles. The quantitative estimate of drug-likeness (QED) is 0.482. The fourth-order valence-electron chi connectivity index (χ4n) is 3.68. The molecule has 2 aliphatic heterocycles. The first-order chi connectivity index (χ1) is 12.8. The number of unbranched alkanes of at least 4 members (excludes halogenated alkanes) is 1. The molecule has 0 atom stereocenters. The number of likely N-dealkylation sites (tertiary alicyclic amines) is 1. The molecule has 0 spiro atoms. The third-order valence-corrected chi connectivity index (χ3v) is 5.43. The standard InChI is InChI=1S/C21H35N5/c1-24-16-18-25(19-17-24)13-9-6-12-22-21(26-14-7-3-8-15-26)23-20-10-4-2-5-11-20/h2,4-5,10-11H,3,6-9,12-19H2,1H3,(H,22,23). The Labute approximate surface area is 159 Å². The molecule has 0 aromatic heterocycles. The van der Waals surface area contributed by atoms with Crippen molar-refractivity contribution in [1.82, 2.24) is 14.7 Å². The average molecular weight is 358 g/mol. The Hall–Kier alpha value is -1.59. The van der Waals surface area contributed by atoms with Crippen molar-refractivity contribution >= 4 is 11.6 Å². The van der Waals surface area contributed by atoms with E-state index in [4.69, 9.17) is 4.99 Å². The molecule has 26 heavy (non-hydrogen) atoms. The number of piperazine rings is 1. The number of rotatable bonds is 6. The number of aliphatic imine (C=N–C) groups is 1. The minimum Gasteiger partial charge on any atom is -0.343 e. The van der Waals surface area contributed by atoms with E-state index in [2.05, 4.69) is 57.4 Å². The molecule has 1 aromatic rings. The van der Waals surface area contributed by atoms with Crippen molar-refractivity contribution in [3.8, 4) is 0 Å². The van der Waals surface area contributed by atoms with E-state index >= 15 is 0 Å². The summed E-state index contributed by atoms with van der Waals surface area (Å²) < 4.78 is 0. The molecule has 2 heterocycles. The number of nitrogens with zero attached hydrogens (tertiary/aromatic N) is 4. The van der Waals surface area contributed by atoms with Crippen molar-refractivity contribution in [2.24, 2.45) is 4.99 Å². The summed E-state index contributed by atoms with van der Waals surface area (Å²) in [5.74, 6) is 1.07. The Bertz CT molecular complexity index is 531. The van der Waals surface area contributed by atoms with Crippen LogP contribution in [0.3, 0.4) is 0 Å². The number of anilines is 1. The maximum absolute atomic E-state index is 4.94. The van der Waals surface area contributed by atoms with E-state index in [1.165, 1.54) is 64.8 Å². The van der Waals surface area contributed by atoms with Crippen LogP contribution in [0.4, 0.5) is 5.69 Å². The molecule has 2 fully saturated rings. The molecule has 0 unspecified atom stereocenters. The van der Waals surface area contributed by atoms with Gasteiger partial charge < -0.3 is 20.0 Å². The second kappa shape index (κ2) is 10.5. The molecule has 0 saturated carbocycles. The first-order valence-electron chi connectivity index (χ1n) is 10.3. The summed E-state index contributed by atoms with van der Waals surface area (Å²) in [6.45, 7) is 9.23. The zero-order valence-electron chi connectivity index (χ0n) is 16.4. The number of guanidine groups is 1. The van der Waals surface area contributed by atoms with Gasteiger partial charge in [0.2, 0.25) is 0 Å². The van der Waals surface area contributed by atoms with Gasteiger partial charge in [-0.2, -0.15) is 0 Å². The monoisotopic (exact) mass is 357 g/mol. The lowest BCUT2D eigenvalue weighted by molar-refractivity contribution is 0.152. The Morgan fingerprint density at radius 1 is 0.923 bits per heavy atom. The highest BCUT2D eigenvalue weighted by molar-refractivity contribution is 5.93. The van der Waals surface area contributed by atoms with Crippen molar-refractivity contribution < 1.29 is 0 Å². The van der Waals surface area contributed by atoms with Crippen LogP contribution < -0.4 is 5.32 Å². The summed E-state index contributed by atoms with van der Waals surface area (Å²) in [5, 5.41) is 3.55. The largest absolute Gasteiger partial charge is 0.343 e. The maximum Gasteiger partial charge on any atom is 0.198 e. The van der Waals surface area contributed by atoms with Gasteiger partial charge in [0.05, 0.1) is 0 Å². The van der Waals surface area contributed by atoms with Gasteiger partial charge in [-0.15, -0.1) is 0 Å². The van der Waals surface area contributed by atoms with Gasteiger partial charge in [-0.05, 0) is 57.8 Å². The van der Waals surface area contributed by atoms with Crippen LogP contribution in [0.15, 0.2) is 35.3 Å². The number of hydrogen-bond donors (Lipinski definition) is 1. The Morgan fingerprint density at radius 2 is 1.65 bits per heavy atom. The van der Waals surface area contributed by atoms with Crippen LogP contribution in [0.5, 0.6) is 0 Å². The zero-order valence-corrected chi connectivity index (χ0v) is 16.4. The number of benzene rings is 1. The van der Waals surface area contributed by atoms with Gasteiger partial charge in [0, 0.05) is 51.5 Å². The van der Waals surface area contributed by atoms with Crippen LogP contribution in [-0.4, -0.2) is 80.1 Å². The SMILES string of the molecule is CN1CCN(CCCCN=C(Nc2ccccc2)N2CCCCC2)CC1. The molecule has 0 aliphatic carbocycles. The Morgan fingerprint density at radius 3 is 2.38 bits per heavy atom. The summed E-state index contributed by atoms with van der Waals surface area (Å²) in [4.78, 5) is 12.4. The molecule has 5 nitrogen and oxygen atoms in total. The van der Waals surface area contributed by atoms with Gasteiger partial charge in [0.1, 0.15) is 0 Å².